The molecule has 1 aromatic carbocycles. The number of carbonyl (C=O) groups excluding carboxylic acids is 1. The van der Waals surface area contributed by atoms with Gasteiger partial charge in [-0.3, -0.25) is 11.1 Å². The molecule has 0 aromatic heterocycles. The lowest BCUT2D eigenvalue weighted by Crippen LogP contribution is -2.52. The molecule has 0 saturated heterocycles. The van der Waals surface area contributed by atoms with Crippen LogP contribution >= 0.6 is 0 Å². The number of nitrogen functional groups attached to an aromatic ring is 1. The standard InChI is InChI=1S/C9H11N5O2/c1-16-8(15)14-9(11)12-6-3-2-5(10)4-7(6)13-9/h2-4H,10-11H2,1H3,(H,14,15). The number of methoxy groups -OCH3 is 1. The highest BCUT2D eigenvalue weighted by molar-refractivity contribution is 5.67. The van der Waals surface area contributed by atoms with E-state index < -0.39 is 12.0 Å². The van der Waals surface area contributed by atoms with Gasteiger partial charge in [-0.2, -0.15) is 0 Å². The van der Waals surface area contributed by atoms with Gasteiger partial charge in [-0.05, 0) is 18.2 Å². The van der Waals surface area contributed by atoms with Crippen LogP contribution in [0.25, 0.3) is 0 Å². The van der Waals surface area contributed by atoms with Crippen LogP contribution in [-0.2, 0) is 4.74 Å². The summed E-state index contributed by atoms with van der Waals surface area (Å²) in [4.78, 5) is 19.1. The third-order valence-corrected chi connectivity index (χ3v) is 2.05. The van der Waals surface area contributed by atoms with E-state index in [0.29, 0.717) is 16.4 Å². The quantitative estimate of drug-likeness (QED) is 0.393. The van der Waals surface area contributed by atoms with Crippen LogP contribution in [0.1, 0.15) is 0 Å². The first-order valence-corrected chi connectivity index (χ1v) is 4.53. The lowest BCUT2D eigenvalue weighted by atomic mass is 10.3. The maximum atomic E-state index is 11.0. The van der Waals surface area contributed by atoms with Gasteiger partial charge in [0.1, 0.15) is 0 Å². The van der Waals surface area contributed by atoms with Gasteiger partial charge in [0.25, 0.3) is 5.91 Å². The Balaban J connectivity index is 2.40. The van der Waals surface area contributed by atoms with E-state index >= 15 is 0 Å². The second-order valence-electron chi connectivity index (χ2n) is 3.31. The molecule has 1 aromatic rings. The molecule has 5 N–H and O–H groups in total. The van der Waals surface area contributed by atoms with E-state index in [-0.39, 0.29) is 0 Å². The minimum absolute atomic E-state index is 0.541. The number of amides is 1. The van der Waals surface area contributed by atoms with Gasteiger partial charge in [-0.1, -0.05) is 0 Å². The average molecular weight is 221 g/mol. The average Bonchev–Trinajstić information content (AvgIpc) is 2.53. The number of nitrogens with one attached hydrogen (secondary N) is 1. The van der Waals surface area contributed by atoms with Crippen molar-refractivity contribution in [3.05, 3.63) is 28.9 Å². The molecular weight excluding hydrogens is 210 g/mol. The number of benzene rings is 1. The Bertz CT molecular complexity index is 556. The Morgan fingerprint density at radius 3 is 2.81 bits per heavy atom. The van der Waals surface area contributed by atoms with Gasteiger partial charge >= 0.3 is 6.09 Å². The van der Waals surface area contributed by atoms with Crippen molar-refractivity contribution < 1.29 is 9.53 Å². The van der Waals surface area contributed by atoms with E-state index in [2.05, 4.69) is 20.0 Å². The monoisotopic (exact) mass is 221 g/mol. The number of ether oxygens (including phenoxy) is 1. The van der Waals surface area contributed by atoms with E-state index in [1.54, 1.807) is 18.2 Å². The van der Waals surface area contributed by atoms with Crippen LogP contribution in [-0.4, -0.2) is 19.1 Å². The molecule has 1 unspecified atom stereocenters. The summed E-state index contributed by atoms with van der Waals surface area (Å²) in [6.07, 6.45) is -0.698. The fraction of sp³-hybridized carbons (Fsp3) is 0.222. The van der Waals surface area contributed by atoms with Crippen molar-refractivity contribution in [1.29, 1.82) is 0 Å². The highest BCUT2D eigenvalue weighted by Gasteiger charge is 2.28. The zero-order chi connectivity index (χ0) is 11.8. The minimum Gasteiger partial charge on any atom is -0.453 e. The number of carbonyl (C=O) groups is 1. The maximum absolute atomic E-state index is 11.0. The van der Waals surface area contributed by atoms with Crippen LogP contribution in [0.5, 0.6) is 0 Å². The molecule has 7 heteroatoms. The largest absolute Gasteiger partial charge is 0.453 e. The third-order valence-electron chi connectivity index (χ3n) is 2.05. The molecule has 0 spiro atoms. The number of hydrogen-bond donors (Lipinski definition) is 3. The normalized spacial score (nSPS) is 21.6. The molecule has 1 heterocycles. The summed E-state index contributed by atoms with van der Waals surface area (Å²) in [5.74, 6) is -1.51. The molecule has 84 valence electrons. The highest BCUT2D eigenvalue weighted by Crippen LogP contribution is 2.03. The van der Waals surface area contributed by atoms with Crippen molar-refractivity contribution in [3.63, 3.8) is 0 Å². The number of nitrogens with two attached hydrogens (primary N) is 2. The summed E-state index contributed by atoms with van der Waals surface area (Å²) in [7, 11) is 1.23. The summed E-state index contributed by atoms with van der Waals surface area (Å²) >= 11 is 0. The third kappa shape index (κ3) is 1.80. The van der Waals surface area contributed by atoms with E-state index in [0.717, 1.165) is 0 Å². The second-order valence-corrected chi connectivity index (χ2v) is 3.31. The molecular formula is C9H11N5O2. The Kier molecular flexibility index (Phi) is 2.24. The van der Waals surface area contributed by atoms with E-state index in [9.17, 15) is 4.79 Å². The zero-order valence-corrected chi connectivity index (χ0v) is 8.60. The van der Waals surface area contributed by atoms with Gasteiger partial charge in [0.15, 0.2) is 0 Å². The summed E-state index contributed by atoms with van der Waals surface area (Å²) < 4.78 is 4.43. The van der Waals surface area contributed by atoms with Crippen LogP contribution in [0.2, 0.25) is 0 Å². The van der Waals surface area contributed by atoms with Crippen molar-refractivity contribution in [1.82, 2.24) is 5.32 Å². The molecule has 1 amide bonds. The van der Waals surface area contributed by atoms with Gasteiger partial charge in [-0.15, -0.1) is 0 Å². The first kappa shape index (κ1) is 10.4. The van der Waals surface area contributed by atoms with Gasteiger partial charge < -0.3 is 10.5 Å². The summed E-state index contributed by atoms with van der Waals surface area (Å²) in [6, 6.07) is 5.00. The molecule has 1 aliphatic rings. The molecule has 2 rings (SSSR count). The lowest BCUT2D eigenvalue weighted by Gasteiger charge is -2.17. The number of hydrogen-bond acceptors (Lipinski definition) is 6. The molecule has 16 heavy (non-hydrogen) atoms. The van der Waals surface area contributed by atoms with Gasteiger partial charge in [0, 0.05) is 5.69 Å². The smallest absolute Gasteiger partial charge is 0.411 e. The number of nitrogens with zero attached hydrogens (tertiary/aromatic N) is 2. The second kappa shape index (κ2) is 3.46. The Hall–Kier alpha value is -2.15. The van der Waals surface area contributed by atoms with Crippen LogP contribution in [0.15, 0.2) is 28.2 Å². The predicted molar refractivity (Wildman–Crippen MR) is 55.6 cm³/mol. The molecule has 0 radical (unpaired) electrons. The predicted octanol–water partition coefficient (Wildman–Crippen LogP) is -1.55. The van der Waals surface area contributed by atoms with E-state index in [1.165, 1.54) is 7.11 Å². The first-order chi connectivity index (χ1) is 7.52. The van der Waals surface area contributed by atoms with Gasteiger partial charge in [0.2, 0.25) is 0 Å². The van der Waals surface area contributed by atoms with Crippen LogP contribution in [0.4, 0.5) is 10.5 Å². The summed E-state index contributed by atoms with van der Waals surface area (Å²) in [5.41, 5.74) is 11.9. The number of alkyl carbamates (subject to hydrolysis) is 1. The highest BCUT2D eigenvalue weighted by atomic mass is 16.5. The minimum atomic E-state index is -1.51. The van der Waals surface area contributed by atoms with Crippen LogP contribution in [0, 0.1) is 0 Å². The molecule has 0 aliphatic carbocycles. The molecule has 1 aliphatic heterocycles. The molecule has 1 atom stereocenters. The van der Waals surface area contributed by atoms with Crippen LogP contribution < -0.4 is 27.5 Å². The number of fused-ring (bicyclic) bond motifs is 1. The SMILES string of the molecule is COC(=O)NC1(N)N=c2ccc(N)cc2=N1. The Labute approximate surface area is 90.8 Å². The van der Waals surface area contributed by atoms with E-state index in [4.69, 9.17) is 11.5 Å². The molecule has 0 saturated carbocycles. The van der Waals surface area contributed by atoms with Crippen molar-refractivity contribution in [2.24, 2.45) is 15.7 Å². The van der Waals surface area contributed by atoms with E-state index in [1.807, 2.05) is 0 Å². The van der Waals surface area contributed by atoms with Crippen LogP contribution in [0.3, 0.4) is 0 Å². The number of rotatable bonds is 1. The van der Waals surface area contributed by atoms with Crippen molar-refractivity contribution >= 4 is 11.8 Å². The fourth-order valence-electron chi connectivity index (χ4n) is 1.37. The van der Waals surface area contributed by atoms with Gasteiger partial charge in [0.05, 0.1) is 17.8 Å². The summed E-state index contributed by atoms with van der Waals surface area (Å²) in [6.45, 7) is 0. The topological polar surface area (TPSA) is 115 Å². The van der Waals surface area contributed by atoms with Crippen molar-refractivity contribution in [3.8, 4) is 0 Å². The lowest BCUT2D eigenvalue weighted by molar-refractivity contribution is 0.157. The fourth-order valence-corrected chi connectivity index (χ4v) is 1.37. The summed E-state index contributed by atoms with van der Waals surface area (Å²) in [5, 5.41) is 3.43. The maximum Gasteiger partial charge on any atom is 0.411 e. The molecule has 0 fully saturated rings. The zero-order valence-electron chi connectivity index (χ0n) is 8.60. The molecule has 7 nitrogen and oxygen atoms in total. The number of anilines is 1. The Morgan fingerprint density at radius 2 is 2.12 bits per heavy atom. The van der Waals surface area contributed by atoms with Gasteiger partial charge in [-0.25, -0.2) is 14.8 Å². The van der Waals surface area contributed by atoms with Crippen molar-refractivity contribution in [2.75, 3.05) is 12.8 Å². The Morgan fingerprint density at radius 1 is 1.44 bits per heavy atom. The first-order valence-electron chi connectivity index (χ1n) is 4.53. The molecule has 0 bridgehead atoms. The van der Waals surface area contributed by atoms with Crippen molar-refractivity contribution in [2.45, 2.75) is 5.91 Å².